The van der Waals surface area contributed by atoms with E-state index in [1.165, 1.54) is 48.4 Å². The average Bonchev–Trinajstić information content (AvgIpc) is 2.96. The van der Waals surface area contributed by atoms with Gasteiger partial charge in [0.2, 0.25) is 11.8 Å². The molecule has 220 valence electrons. The second kappa shape index (κ2) is 14.6. The van der Waals surface area contributed by atoms with Gasteiger partial charge in [-0.3, -0.25) is 13.9 Å². The molecule has 1 unspecified atom stereocenters. The number of sulfonamides is 1. The summed E-state index contributed by atoms with van der Waals surface area (Å²) in [5, 5.41) is 3.75. The summed E-state index contributed by atoms with van der Waals surface area (Å²) < 4.78 is 34.0. The van der Waals surface area contributed by atoms with Gasteiger partial charge < -0.3 is 15.0 Å². The number of hydrogen-bond donors (Lipinski definition) is 1. The minimum atomic E-state index is -4.22. The third-order valence-electron chi connectivity index (χ3n) is 6.41. The number of hydrogen-bond acceptors (Lipinski definition) is 5. The van der Waals surface area contributed by atoms with E-state index in [1.54, 1.807) is 43.3 Å². The molecule has 0 bridgehead atoms. The molecule has 3 aromatic rings. The van der Waals surface area contributed by atoms with Crippen molar-refractivity contribution in [3.8, 4) is 5.75 Å². The molecule has 0 radical (unpaired) electrons. The van der Waals surface area contributed by atoms with Gasteiger partial charge in [-0.05, 0) is 72.5 Å². The van der Waals surface area contributed by atoms with E-state index < -0.39 is 28.5 Å². The molecule has 11 heteroatoms. The number of methoxy groups -OCH3 is 1. The van der Waals surface area contributed by atoms with Crippen molar-refractivity contribution < 1.29 is 22.7 Å². The van der Waals surface area contributed by atoms with Gasteiger partial charge in [0.25, 0.3) is 10.0 Å². The van der Waals surface area contributed by atoms with Crippen LogP contribution in [0.3, 0.4) is 0 Å². The fourth-order valence-corrected chi connectivity index (χ4v) is 5.90. The quantitative estimate of drug-likeness (QED) is 0.262. The van der Waals surface area contributed by atoms with Gasteiger partial charge in [-0.25, -0.2) is 8.42 Å². The Labute approximate surface area is 252 Å². The Bertz CT molecular complexity index is 1430. The number of nitrogens with zero attached hydrogens (tertiary/aromatic N) is 2. The molecule has 3 aromatic carbocycles. The maximum absolute atomic E-state index is 14.1. The standard InChI is InChI=1S/C30H35Cl2N3O5S/c1-5-28(30(37)33-18-21(2)3)34(19-22-8-6-7-9-27(22)32)29(36)20-35(24-12-10-23(31)11-13-24)41(38,39)26-16-14-25(40-4)15-17-26/h6-17,21,28H,5,18-20H2,1-4H3,(H,33,37). The summed E-state index contributed by atoms with van der Waals surface area (Å²) >= 11 is 12.5. The van der Waals surface area contributed by atoms with Gasteiger partial charge in [-0.2, -0.15) is 0 Å². The molecule has 0 aliphatic heterocycles. The summed E-state index contributed by atoms with van der Waals surface area (Å²) in [7, 11) is -2.73. The fourth-order valence-electron chi connectivity index (χ4n) is 4.16. The summed E-state index contributed by atoms with van der Waals surface area (Å²) in [5.41, 5.74) is 0.877. The van der Waals surface area contributed by atoms with Crippen molar-refractivity contribution in [2.45, 2.75) is 44.7 Å². The maximum atomic E-state index is 14.1. The number of ether oxygens (including phenoxy) is 1. The fraction of sp³-hybridized carbons (Fsp3) is 0.333. The first-order valence-corrected chi connectivity index (χ1v) is 15.4. The summed E-state index contributed by atoms with van der Waals surface area (Å²) in [5.74, 6) is -0.192. The van der Waals surface area contributed by atoms with E-state index in [2.05, 4.69) is 5.32 Å². The highest BCUT2D eigenvalue weighted by molar-refractivity contribution is 7.92. The zero-order chi connectivity index (χ0) is 30.2. The second-order valence-electron chi connectivity index (χ2n) is 9.84. The number of amides is 2. The summed E-state index contributed by atoms with van der Waals surface area (Å²) in [6, 6.07) is 18.2. The van der Waals surface area contributed by atoms with Crippen molar-refractivity contribution in [3.05, 3.63) is 88.4 Å². The van der Waals surface area contributed by atoms with Crippen LogP contribution < -0.4 is 14.4 Å². The summed E-state index contributed by atoms with van der Waals surface area (Å²) in [6.07, 6.45) is 0.312. The molecule has 0 aliphatic carbocycles. The van der Waals surface area contributed by atoms with Crippen molar-refractivity contribution in [3.63, 3.8) is 0 Å². The lowest BCUT2D eigenvalue weighted by Gasteiger charge is -2.33. The number of benzene rings is 3. The van der Waals surface area contributed by atoms with E-state index >= 15 is 0 Å². The first-order valence-electron chi connectivity index (χ1n) is 13.2. The number of anilines is 1. The van der Waals surface area contributed by atoms with E-state index in [0.29, 0.717) is 34.3 Å². The van der Waals surface area contributed by atoms with Crippen LogP contribution in [0.15, 0.2) is 77.7 Å². The van der Waals surface area contributed by atoms with Crippen molar-refractivity contribution in [1.29, 1.82) is 0 Å². The van der Waals surface area contributed by atoms with E-state index in [-0.39, 0.29) is 29.0 Å². The SMILES string of the molecule is CCC(C(=O)NCC(C)C)N(Cc1ccccc1Cl)C(=O)CN(c1ccc(Cl)cc1)S(=O)(=O)c1ccc(OC)cc1. The van der Waals surface area contributed by atoms with Gasteiger partial charge in [-0.15, -0.1) is 0 Å². The molecule has 8 nitrogen and oxygen atoms in total. The molecule has 2 amide bonds. The number of nitrogens with one attached hydrogen (secondary N) is 1. The Balaban J connectivity index is 2.05. The van der Waals surface area contributed by atoms with Crippen molar-refractivity contribution >= 4 is 50.7 Å². The molecule has 0 spiro atoms. The number of carbonyl (C=O) groups is 2. The summed E-state index contributed by atoms with van der Waals surface area (Å²) in [4.78, 5) is 28.7. The molecule has 0 aliphatic rings. The topological polar surface area (TPSA) is 96.0 Å². The van der Waals surface area contributed by atoms with Crippen LogP contribution in [0.1, 0.15) is 32.8 Å². The van der Waals surface area contributed by atoms with Crippen LogP contribution in [-0.2, 0) is 26.2 Å². The minimum absolute atomic E-state index is 0.0170. The molecular formula is C30H35Cl2N3O5S. The molecule has 0 heterocycles. The minimum Gasteiger partial charge on any atom is -0.497 e. The molecule has 0 saturated heterocycles. The van der Waals surface area contributed by atoms with E-state index in [0.717, 1.165) is 4.31 Å². The second-order valence-corrected chi connectivity index (χ2v) is 12.5. The van der Waals surface area contributed by atoms with Crippen molar-refractivity contribution in [2.75, 3.05) is 24.5 Å². The van der Waals surface area contributed by atoms with Crippen LogP contribution in [0.25, 0.3) is 0 Å². The van der Waals surface area contributed by atoms with Gasteiger partial charge in [0.1, 0.15) is 18.3 Å². The van der Waals surface area contributed by atoms with Crippen LogP contribution in [0.4, 0.5) is 5.69 Å². The Kier molecular flexibility index (Phi) is 11.5. The van der Waals surface area contributed by atoms with E-state index in [4.69, 9.17) is 27.9 Å². The lowest BCUT2D eigenvalue weighted by Crippen LogP contribution is -2.52. The number of carbonyl (C=O) groups excluding carboxylic acids is 2. The summed E-state index contributed by atoms with van der Waals surface area (Å²) in [6.45, 7) is 5.64. The van der Waals surface area contributed by atoms with Crippen molar-refractivity contribution in [1.82, 2.24) is 10.2 Å². The molecule has 0 saturated carbocycles. The predicted octanol–water partition coefficient (Wildman–Crippen LogP) is 5.78. The Morgan fingerprint density at radius 2 is 1.59 bits per heavy atom. The molecule has 3 rings (SSSR count). The zero-order valence-corrected chi connectivity index (χ0v) is 25.8. The Hall–Kier alpha value is -3.27. The Morgan fingerprint density at radius 1 is 0.951 bits per heavy atom. The highest BCUT2D eigenvalue weighted by Crippen LogP contribution is 2.28. The normalized spacial score (nSPS) is 12.1. The number of rotatable bonds is 13. The van der Waals surface area contributed by atoms with Gasteiger partial charge in [-0.1, -0.05) is 62.2 Å². The first-order chi connectivity index (χ1) is 19.5. The highest BCUT2D eigenvalue weighted by atomic mass is 35.5. The maximum Gasteiger partial charge on any atom is 0.264 e. The third kappa shape index (κ3) is 8.38. The molecule has 1 atom stereocenters. The average molecular weight is 621 g/mol. The smallest absolute Gasteiger partial charge is 0.264 e. The predicted molar refractivity (Wildman–Crippen MR) is 163 cm³/mol. The highest BCUT2D eigenvalue weighted by Gasteiger charge is 2.34. The Morgan fingerprint density at radius 3 is 2.15 bits per heavy atom. The van der Waals surface area contributed by atoms with Crippen molar-refractivity contribution in [2.24, 2.45) is 5.92 Å². The molecule has 0 fully saturated rings. The van der Waals surface area contributed by atoms with Crippen LogP contribution in [0.2, 0.25) is 10.0 Å². The first kappa shape index (κ1) is 32.2. The lowest BCUT2D eigenvalue weighted by molar-refractivity contribution is -0.140. The number of halogens is 2. The lowest BCUT2D eigenvalue weighted by atomic mass is 10.1. The molecule has 0 aromatic heterocycles. The monoisotopic (exact) mass is 619 g/mol. The van der Waals surface area contributed by atoms with Gasteiger partial charge in [0.15, 0.2) is 0 Å². The van der Waals surface area contributed by atoms with Gasteiger partial charge >= 0.3 is 0 Å². The molecular weight excluding hydrogens is 585 g/mol. The van der Waals surface area contributed by atoms with Crippen LogP contribution >= 0.6 is 23.2 Å². The van der Waals surface area contributed by atoms with Crippen LogP contribution in [-0.4, -0.2) is 51.4 Å². The van der Waals surface area contributed by atoms with Crippen LogP contribution in [0, 0.1) is 5.92 Å². The zero-order valence-electron chi connectivity index (χ0n) is 23.5. The van der Waals surface area contributed by atoms with E-state index in [9.17, 15) is 18.0 Å². The molecule has 1 N–H and O–H groups in total. The van der Waals surface area contributed by atoms with E-state index in [1.807, 2.05) is 13.8 Å². The van der Waals surface area contributed by atoms with Gasteiger partial charge in [0, 0.05) is 23.1 Å². The molecule has 41 heavy (non-hydrogen) atoms. The largest absolute Gasteiger partial charge is 0.497 e. The van der Waals surface area contributed by atoms with Gasteiger partial charge in [0.05, 0.1) is 17.7 Å². The third-order valence-corrected chi connectivity index (χ3v) is 8.82. The van der Waals surface area contributed by atoms with Crippen LogP contribution in [0.5, 0.6) is 5.75 Å².